The third-order valence-corrected chi connectivity index (χ3v) is 4.44. The molecule has 0 spiro atoms. The van der Waals surface area contributed by atoms with Crippen molar-refractivity contribution in [3.63, 3.8) is 0 Å². The predicted octanol–water partition coefficient (Wildman–Crippen LogP) is 6.10. The van der Waals surface area contributed by atoms with Crippen molar-refractivity contribution in [3.8, 4) is 0 Å². The molecule has 5 aromatic carbocycles. The third-order valence-electron chi connectivity index (χ3n) is 4.44. The van der Waals surface area contributed by atoms with Crippen LogP contribution in [0.3, 0.4) is 0 Å². The van der Waals surface area contributed by atoms with Crippen LogP contribution in [0, 0.1) is 6.07 Å². The minimum atomic E-state index is 1.18. The molecule has 0 heterocycles. The molecule has 102 valence electrons. The van der Waals surface area contributed by atoms with Crippen molar-refractivity contribution >= 4 is 43.1 Å². The Morgan fingerprint density at radius 3 is 1.64 bits per heavy atom. The first-order valence-electron chi connectivity index (χ1n) is 7.54. The molecule has 0 saturated heterocycles. The van der Waals surface area contributed by atoms with E-state index in [2.05, 4.69) is 72.8 Å². The summed E-state index contributed by atoms with van der Waals surface area (Å²) in [4.78, 5) is 0. The molecule has 0 N–H and O–H groups in total. The molecule has 0 aliphatic heterocycles. The van der Waals surface area contributed by atoms with Gasteiger partial charge in [0.2, 0.25) is 0 Å². The van der Waals surface area contributed by atoms with Crippen LogP contribution in [0.25, 0.3) is 43.1 Å². The maximum absolute atomic E-state index is 3.32. The first kappa shape index (κ1) is 11.8. The van der Waals surface area contributed by atoms with Gasteiger partial charge in [0, 0.05) is 0 Å². The van der Waals surface area contributed by atoms with Crippen LogP contribution < -0.4 is 0 Å². The molecule has 0 aromatic heterocycles. The molecule has 0 radical (unpaired) electrons. The Morgan fingerprint density at radius 2 is 0.955 bits per heavy atom. The summed E-state index contributed by atoms with van der Waals surface area (Å²) in [5.74, 6) is 0. The standard InChI is InChI=1S/C22H13/c1-2-6-16-10-20-14-22-12-18-8-4-3-7-17(18)11-21(22)13-19(20)9-15(16)5-1/h1-7,9-14H/q-1. The van der Waals surface area contributed by atoms with Crippen molar-refractivity contribution in [1.82, 2.24) is 0 Å². The fourth-order valence-corrected chi connectivity index (χ4v) is 3.31. The van der Waals surface area contributed by atoms with Crippen molar-refractivity contribution in [3.05, 3.63) is 84.9 Å². The average molecular weight is 277 g/mol. The number of hydrogen-bond acceptors (Lipinski definition) is 0. The fraction of sp³-hybridized carbons (Fsp3) is 0. The van der Waals surface area contributed by atoms with Crippen molar-refractivity contribution < 1.29 is 0 Å². The quantitative estimate of drug-likeness (QED) is 0.237. The van der Waals surface area contributed by atoms with Gasteiger partial charge in [-0.3, -0.25) is 0 Å². The Labute approximate surface area is 128 Å². The molecule has 0 aliphatic rings. The topological polar surface area (TPSA) is 0 Å². The minimum Gasteiger partial charge on any atom is -0.147 e. The Balaban J connectivity index is 1.93. The van der Waals surface area contributed by atoms with E-state index in [1.54, 1.807) is 0 Å². The van der Waals surface area contributed by atoms with Gasteiger partial charge in [-0.25, -0.2) is 0 Å². The van der Waals surface area contributed by atoms with Crippen molar-refractivity contribution in [2.45, 2.75) is 0 Å². The summed E-state index contributed by atoms with van der Waals surface area (Å²) in [6, 6.07) is 31.7. The van der Waals surface area contributed by atoms with Gasteiger partial charge in [0.05, 0.1) is 0 Å². The number of benzene rings is 5. The molecule has 22 heavy (non-hydrogen) atoms. The zero-order valence-electron chi connectivity index (χ0n) is 12.0. The van der Waals surface area contributed by atoms with E-state index in [0.717, 1.165) is 0 Å². The maximum Gasteiger partial charge on any atom is -0.0172 e. The van der Waals surface area contributed by atoms with E-state index >= 15 is 0 Å². The van der Waals surface area contributed by atoms with Crippen LogP contribution in [0.1, 0.15) is 0 Å². The van der Waals surface area contributed by atoms with E-state index in [1.807, 2.05) is 12.1 Å². The molecule has 0 fully saturated rings. The van der Waals surface area contributed by atoms with Crippen LogP contribution in [0.15, 0.2) is 78.9 Å². The van der Waals surface area contributed by atoms with Crippen molar-refractivity contribution in [2.24, 2.45) is 0 Å². The first-order chi connectivity index (χ1) is 10.9. The number of hydrogen-bond donors (Lipinski definition) is 0. The van der Waals surface area contributed by atoms with E-state index in [1.165, 1.54) is 43.1 Å². The smallest absolute Gasteiger partial charge is 0.0172 e. The van der Waals surface area contributed by atoms with Crippen LogP contribution in [-0.2, 0) is 0 Å². The second-order valence-electron chi connectivity index (χ2n) is 5.86. The number of fused-ring (bicyclic) bond motifs is 4. The van der Waals surface area contributed by atoms with Crippen LogP contribution in [0.4, 0.5) is 0 Å². The molecule has 5 aromatic rings. The van der Waals surface area contributed by atoms with Gasteiger partial charge < -0.3 is 0 Å². The van der Waals surface area contributed by atoms with Gasteiger partial charge in [-0.05, 0) is 45.1 Å². The second kappa shape index (κ2) is 4.32. The zero-order chi connectivity index (χ0) is 14.5. The molecule has 0 amide bonds. The monoisotopic (exact) mass is 277 g/mol. The lowest BCUT2D eigenvalue weighted by Gasteiger charge is -2.10. The lowest BCUT2D eigenvalue weighted by Crippen LogP contribution is -1.80. The fourth-order valence-electron chi connectivity index (χ4n) is 3.31. The molecule has 0 aliphatic carbocycles. The lowest BCUT2D eigenvalue weighted by molar-refractivity contribution is 1.77. The van der Waals surface area contributed by atoms with Gasteiger partial charge in [-0.2, -0.15) is 0 Å². The van der Waals surface area contributed by atoms with Crippen LogP contribution >= 0.6 is 0 Å². The minimum absolute atomic E-state index is 1.18. The molecule has 0 nitrogen and oxygen atoms in total. The molecule has 0 unspecified atom stereocenters. The highest BCUT2D eigenvalue weighted by Crippen LogP contribution is 2.29. The van der Waals surface area contributed by atoms with Crippen molar-refractivity contribution in [2.75, 3.05) is 0 Å². The van der Waals surface area contributed by atoms with Gasteiger partial charge in [-0.15, -0.1) is 41.1 Å². The molecule has 0 bridgehead atoms. The molecular weight excluding hydrogens is 264 g/mol. The van der Waals surface area contributed by atoms with Gasteiger partial charge >= 0.3 is 0 Å². The summed E-state index contributed by atoms with van der Waals surface area (Å²) >= 11 is 0. The predicted molar refractivity (Wildman–Crippen MR) is 95.3 cm³/mol. The maximum atomic E-state index is 3.32. The van der Waals surface area contributed by atoms with Gasteiger partial charge in [0.15, 0.2) is 0 Å². The zero-order valence-corrected chi connectivity index (χ0v) is 12.0. The van der Waals surface area contributed by atoms with E-state index in [9.17, 15) is 0 Å². The third kappa shape index (κ3) is 1.71. The summed E-state index contributed by atoms with van der Waals surface area (Å²) in [5, 5.41) is 10.2. The molecule has 0 saturated carbocycles. The summed E-state index contributed by atoms with van der Waals surface area (Å²) in [5.41, 5.74) is 0. The largest absolute Gasteiger partial charge is 0.147 e. The van der Waals surface area contributed by atoms with Gasteiger partial charge in [-0.1, -0.05) is 41.8 Å². The van der Waals surface area contributed by atoms with E-state index in [-0.39, 0.29) is 0 Å². The SMILES string of the molecule is [c-]1cccc2cc3cc4cc5ccccc5cc4cc3cc12. The van der Waals surface area contributed by atoms with Crippen molar-refractivity contribution in [1.29, 1.82) is 0 Å². The second-order valence-corrected chi connectivity index (χ2v) is 5.86. The summed E-state index contributed by atoms with van der Waals surface area (Å²) in [6.07, 6.45) is 0. The number of rotatable bonds is 0. The van der Waals surface area contributed by atoms with Gasteiger partial charge in [0.25, 0.3) is 0 Å². The van der Waals surface area contributed by atoms with Crippen LogP contribution in [0.5, 0.6) is 0 Å². The highest BCUT2D eigenvalue weighted by Gasteiger charge is 2.00. The molecule has 0 heteroatoms. The summed E-state index contributed by atoms with van der Waals surface area (Å²) in [6.45, 7) is 0. The van der Waals surface area contributed by atoms with Gasteiger partial charge in [0.1, 0.15) is 0 Å². The Morgan fingerprint density at radius 1 is 0.455 bits per heavy atom. The van der Waals surface area contributed by atoms with Crippen LogP contribution in [0.2, 0.25) is 0 Å². The Hall–Kier alpha value is -2.86. The molecule has 0 atom stereocenters. The average Bonchev–Trinajstić information content (AvgIpc) is 2.56. The van der Waals surface area contributed by atoms with E-state index in [0.29, 0.717) is 0 Å². The lowest BCUT2D eigenvalue weighted by atomic mass is 9.97. The Bertz CT molecular complexity index is 982. The molecule has 5 rings (SSSR count). The molecular formula is C22H13-. The first-order valence-corrected chi connectivity index (χ1v) is 7.54. The highest BCUT2D eigenvalue weighted by atomic mass is 14.1. The summed E-state index contributed by atoms with van der Waals surface area (Å²) in [7, 11) is 0. The Kier molecular flexibility index (Phi) is 2.31. The van der Waals surface area contributed by atoms with E-state index in [4.69, 9.17) is 0 Å². The highest BCUT2D eigenvalue weighted by molar-refractivity contribution is 6.07. The van der Waals surface area contributed by atoms with Crippen LogP contribution in [-0.4, -0.2) is 0 Å². The normalized spacial score (nSPS) is 11.6. The summed E-state index contributed by atoms with van der Waals surface area (Å²) < 4.78 is 0. The van der Waals surface area contributed by atoms with E-state index < -0.39 is 0 Å².